The highest BCUT2D eigenvalue weighted by Gasteiger charge is 2.25. The van der Waals surface area contributed by atoms with Crippen LogP contribution in [0.3, 0.4) is 0 Å². The standard InChI is InChI=1S/C7H13Cl2N/c8-6-1-5(4-10)2-7(9)3-6/h5-7H,1-4,10H2. The Morgan fingerprint density at radius 3 is 2.00 bits per heavy atom. The number of halogens is 2. The first-order chi connectivity index (χ1) is 4.72. The maximum Gasteiger partial charge on any atom is 0.0353 e. The van der Waals surface area contributed by atoms with E-state index >= 15 is 0 Å². The summed E-state index contributed by atoms with van der Waals surface area (Å²) in [5, 5.41) is 0.509. The van der Waals surface area contributed by atoms with Crippen LogP contribution >= 0.6 is 23.2 Å². The summed E-state index contributed by atoms with van der Waals surface area (Å²) in [5.74, 6) is 0.554. The molecule has 3 heteroatoms. The van der Waals surface area contributed by atoms with Gasteiger partial charge in [-0.05, 0) is 31.7 Å². The fourth-order valence-corrected chi connectivity index (χ4v) is 2.51. The summed E-state index contributed by atoms with van der Waals surface area (Å²) in [4.78, 5) is 0. The van der Waals surface area contributed by atoms with Gasteiger partial charge in [0.05, 0.1) is 0 Å². The van der Waals surface area contributed by atoms with E-state index in [0.717, 1.165) is 25.8 Å². The van der Waals surface area contributed by atoms with E-state index in [1.807, 2.05) is 0 Å². The molecule has 0 saturated heterocycles. The maximum atomic E-state index is 5.94. The van der Waals surface area contributed by atoms with Gasteiger partial charge in [0.15, 0.2) is 0 Å². The Morgan fingerprint density at radius 1 is 1.10 bits per heavy atom. The molecule has 1 rings (SSSR count). The second-order valence-electron chi connectivity index (χ2n) is 3.00. The Hall–Kier alpha value is 0.540. The van der Waals surface area contributed by atoms with Crippen molar-refractivity contribution >= 4 is 23.2 Å². The molecule has 0 heterocycles. The summed E-state index contributed by atoms with van der Waals surface area (Å²) in [5.41, 5.74) is 5.51. The van der Waals surface area contributed by atoms with Gasteiger partial charge in [0, 0.05) is 10.8 Å². The minimum atomic E-state index is 0.254. The molecular formula is C7H13Cl2N. The molecule has 2 N–H and O–H groups in total. The van der Waals surface area contributed by atoms with Crippen LogP contribution in [-0.4, -0.2) is 17.3 Å². The molecule has 2 unspecified atom stereocenters. The molecule has 60 valence electrons. The molecule has 0 aromatic rings. The summed E-state index contributed by atoms with van der Waals surface area (Å²) < 4.78 is 0. The zero-order valence-electron chi connectivity index (χ0n) is 5.89. The van der Waals surface area contributed by atoms with Gasteiger partial charge in [0.2, 0.25) is 0 Å². The summed E-state index contributed by atoms with van der Waals surface area (Å²) in [6.45, 7) is 0.729. The largest absolute Gasteiger partial charge is 0.330 e. The fourth-order valence-electron chi connectivity index (χ4n) is 1.48. The topological polar surface area (TPSA) is 26.0 Å². The van der Waals surface area contributed by atoms with Crippen LogP contribution < -0.4 is 5.73 Å². The third-order valence-electron chi connectivity index (χ3n) is 2.02. The summed E-state index contributed by atoms with van der Waals surface area (Å²) in [7, 11) is 0. The zero-order chi connectivity index (χ0) is 7.56. The highest BCUT2D eigenvalue weighted by molar-refractivity contribution is 6.23. The van der Waals surface area contributed by atoms with Crippen LogP contribution in [0, 0.1) is 5.92 Å². The van der Waals surface area contributed by atoms with Crippen LogP contribution in [0.1, 0.15) is 19.3 Å². The number of rotatable bonds is 1. The van der Waals surface area contributed by atoms with Gasteiger partial charge in [-0.2, -0.15) is 0 Å². The van der Waals surface area contributed by atoms with Crippen molar-refractivity contribution in [3.05, 3.63) is 0 Å². The van der Waals surface area contributed by atoms with Gasteiger partial charge in [-0.25, -0.2) is 0 Å². The van der Waals surface area contributed by atoms with Crippen molar-refractivity contribution in [1.29, 1.82) is 0 Å². The highest BCUT2D eigenvalue weighted by Crippen LogP contribution is 2.30. The lowest BCUT2D eigenvalue weighted by atomic mass is 9.89. The van der Waals surface area contributed by atoms with Crippen LogP contribution in [0.2, 0.25) is 0 Å². The van der Waals surface area contributed by atoms with Gasteiger partial charge >= 0.3 is 0 Å². The predicted molar refractivity (Wildman–Crippen MR) is 45.7 cm³/mol. The zero-order valence-corrected chi connectivity index (χ0v) is 7.41. The Kier molecular flexibility index (Phi) is 3.28. The first-order valence-electron chi connectivity index (χ1n) is 3.70. The van der Waals surface area contributed by atoms with E-state index in [1.54, 1.807) is 0 Å². The molecule has 1 saturated carbocycles. The van der Waals surface area contributed by atoms with Gasteiger partial charge in [-0.1, -0.05) is 0 Å². The van der Waals surface area contributed by atoms with E-state index in [9.17, 15) is 0 Å². The lowest BCUT2D eigenvalue weighted by Gasteiger charge is -2.27. The summed E-state index contributed by atoms with van der Waals surface area (Å²) in [6.07, 6.45) is 3.03. The van der Waals surface area contributed by atoms with Crippen LogP contribution in [0.25, 0.3) is 0 Å². The third kappa shape index (κ3) is 2.30. The lowest BCUT2D eigenvalue weighted by Crippen LogP contribution is -2.28. The number of hydrogen-bond acceptors (Lipinski definition) is 1. The van der Waals surface area contributed by atoms with Crippen molar-refractivity contribution in [3.8, 4) is 0 Å². The van der Waals surface area contributed by atoms with E-state index in [1.165, 1.54) is 0 Å². The molecule has 0 spiro atoms. The van der Waals surface area contributed by atoms with Gasteiger partial charge in [0.25, 0.3) is 0 Å². The van der Waals surface area contributed by atoms with Gasteiger partial charge in [-0.3, -0.25) is 0 Å². The SMILES string of the molecule is NCC1CC(Cl)CC(Cl)C1. The van der Waals surface area contributed by atoms with E-state index in [2.05, 4.69) is 0 Å². The third-order valence-corrected chi connectivity index (χ3v) is 2.74. The molecule has 0 amide bonds. The number of alkyl halides is 2. The van der Waals surface area contributed by atoms with Crippen molar-refractivity contribution in [1.82, 2.24) is 0 Å². The molecule has 1 aliphatic rings. The lowest BCUT2D eigenvalue weighted by molar-refractivity contribution is 0.376. The van der Waals surface area contributed by atoms with E-state index in [4.69, 9.17) is 28.9 Å². The van der Waals surface area contributed by atoms with Crippen LogP contribution in [0.5, 0.6) is 0 Å². The normalized spacial score (nSPS) is 41.7. The minimum absolute atomic E-state index is 0.254. The quantitative estimate of drug-likeness (QED) is 0.616. The van der Waals surface area contributed by atoms with Crippen LogP contribution in [0.4, 0.5) is 0 Å². The van der Waals surface area contributed by atoms with Crippen molar-refractivity contribution in [3.63, 3.8) is 0 Å². The van der Waals surface area contributed by atoms with E-state index < -0.39 is 0 Å². The average molecular weight is 182 g/mol. The Morgan fingerprint density at radius 2 is 1.60 bits per heavy atom. The van der Waals surface area contributed by atoms with Crippen LogP contribution in [0.15, 0.2) is 0 Å². The van der Waals surface area contributed by atoms with E-state index in [-0.39, 0.29) is 10.8 Å². The number of nitrogens with two attached hydrogens (primary N) is 1. The molecule has 0 aromatic carbocycles. The molecular weight excluding hydrogens is 169 g/mol. The highest BCUT2D eigenvalue weighted by atomic mass is 35.5. The summed E-state index contributed by atoms with van der Waals surface area (Å²) in [6, 6.07) is 0. The summed E-state index contributed by atoms with van der Waals surface area (Å²) >= 11 is 11.9. The first-order valence-corrected chi connectivity index (χ1v) is 4.58. The molecule has 1 aliphatic carbocycles. The monoisotopic (exact) mass is 181 g/mol. The van der Waals surface area contributed by atoms with Crippen molar-refractivity contribution in [2.45, 2.75) is 30.0 Å². The molecule has 2 atom stereocenters. The second-order valence-corrected chi connectivity index (χ2v) is 4.24. The van der Waals surface area contributed by atoms with Crippen molar-refractivity contribution in [2.75, 3.05) is 6.54 Å². The Balaban J connectivity index is 2.35. The second kappa shape index (κ2) is 3.80. The molecule has 0 aliphatic heterocycles. The van der Waals surface area contributed by atoms with Gasteiger partial charge in [-0.15, -0.1) is 23.2 Å². The fraction of sp³-hybridized carbons (Fsp3) is 1.00. The maximum absolute atomic E-state index is 5.94. The Bertz CT molecular complexity index is 97.8. The van der Waals surface area contributed by atoms with E-state index in [0.29, 0.717) is 5.92 Å². The van der Waals surface area contributed by atoms with Crippen LogP contribution in [-0.2, 0) is 0 Å². The van der Waals surface area contributed by atoms with Gasteiger partial charge < -0.3 is 5.73 Å². The van der Waals surface area contributed by atoms with Crippen molar-refractivity contribution < 1.29 is 0 Å². The smallest absolute Gasteiger partial charge is 0.0353 e. The molecule has 0 bridgehead atoms. The predicted octanol–water partition coefficient (Wildman–Crippen LogP) is 1.96. The minimum Gasteiger partial charge on any atom is -0.330 e. The molecule has 1 fully saturated rings. The van der Waals surface area contributed by atoms with Gasteiger partial charge in [0.1, 0.15) is 0 Å². The number of hydrogen-bond donors (Lipinski definition) is 1. The van der Waals surface area contributed by atoms with Crippen molar-refractivity contribution in [2.24, 2.45) is 11.7 Å². The molecule has 10 heavy (non-hydrogen) atoms. The Labute approximate surface area is 71.9 Å². The molecule has 0 aromatic heterocycles. The average Bonchev–Trinajstić information content (AvgIpc) is 1.85. The molecule has 1 nitrogen and oxygen atoms in total. The first kappa shape index (κ1) is 8.63. The molecule has 0 radical (unpaired) electrons.